The quantitative estimate of drug-likeness (QED) is 0.557. The lowest BCUT2D eigenvalue weighted by Crippen LogP contribution is -2.15. The molecule has 1 aromatic heterocycles. The highest BCUT2D eigenvalue weighted by molar-refractivity contribution is 5.64. The summed E-state index contributed by atoms with van der Waals surface area (Å²) in [6.45, 7) is 1.89. The number of H-pyrrole nitrogens is 1. The minimum atomic E-state index is -0.399. The van der Waals surface area contributed by atoms with E-state index in [1.807, 2.05) is 37.3 Å². The fraction of sp³-hybridized carbons (Fsp3) is 0.125. The van der Waals surface area contributed by atoms with E-state index in [0.717, 1.165) is 11.1 Å². The van der Waals surface area contributed by atoms with E-state index < -0.39 is 4.92 Å². The lowest BCUT2D eigenvalue weighted by atomic mass is 10.1. The second-order valence-corrected chi connectivity index (χ2v) is 5.14. The molecule has 0 fully saturated rings. The summed E-state index contributed by atoms with van der Waals surface area (Å²) in [7, 11) is 0. The molecule has 0 bridgehead atoms. The number of nitrogens with zero attached hydrogens (tertiary/aromatic N) is 3. The van der Waals surface area contributed by atoms with Gasteiger partial charge in [-0.15, -0.1) is 0 Å². The normalized spacial score (nSPS) is 11.9. The molecule has 0 aliphatic heterocycles. The van der Waals surface area contributed by atoms with E-state index >= 15 is 0 Å². The van der Waals surface area contributed by atoms with E-state index in [0.29, 0.717) is 11.5 Å². The minimum absolute atomic E-state index is 0.0241. The number of nitro benzene ring substituents is 1. The Balaban J connectivity index is 2.03. The highest BCUT2D eigenvalue weighted by atomic mass is 16.6. The maximum atomic E-state index is 11.3. The predicted octanol–water partition coefficient (Wildman–Crippen LogP) is 3.22. The summed E-state index contributed by atoms with van der Waals surface area (Å²) in [6.07, 6.45) is 1.41. The first-order valence-corrected chi connectivity index (χ1v) is 7.07. The van der Waals surface area contributed by atoms with Crippen LogP contribution in [0, 0.1) is 17.0 Å². The van der Waals surface area contributed by atoms with Gasteiger partial charge in [0.1, 0.15) is 18.1 Å². The number of aromatic amines is 1. The number of anilines is 1. The summed E-state index contributed by atoms with van der Waals surface area (Å²) in [5, 5.41) is 21.2. The lowest BCUT2D eigenvalue weighted by molar-refractivity contribution is -0.384. The van der Waals surface area contributed by atoms with Crippen LogP contribution in [0.1, 0.15) is 23.0 Å². The van der Waals surface area contributed by atoms with Gasteiger partial charge in [0.25, 0.3) is 5.69 Å². The van der Waals surface area contributed by atoms with Crippen LogP contribution in [0.5, 0.6) is 0 Å². The van der Waals surface area contributed by atoms with Crippen LogP contribution in [0.3, 0.4) is 0 Å². The second kappa shape index (κ2) is 6.27. The first-order valence-electron chi connectivity index (χ1n) is 7.07. The van der Waals surface area contributed by atoms with E-state index in [4.69, 9.17) is 0 Å². The zero-order chi connectivity index (χ0) is 16.2. The van der Waals surface area contributed by atoms with Crippen molar-refractivity contribution >= 4 is 11.4 Å². The molecular weight excluding hydrogens is 294 g/mol. The summed E-state index contributed by atoms with van der Waals surface area (Å²) in [5.41, 5.74) is 2.33. The van der Waals surface area contributed by atoms with Crippen molar-refractivity contribution in [3.8, 4) is 0 Å². The maximum Gasteiger partial charge on any atom is 0.292 e. The van der Waals surface area contributed by atoms with Crippen LogP contribution in [0.4, 0.5) is 11.4 Å². The topological polar surface area (TPSA) is 96.7 Å². The third-order valence-electron chi connectivity index (χ3n) is 3.49. The summed E-state index contributed by atoms with van der Waals surface area (Å²) >= 11 is 0. The molecule has 0 saturated carbocycles. The molecule has 7 nitrogen and oxygen atoms in total. The molecule has 2 N–H and O–H groups in total. The van der Waals surface area contributed by atoms with Gasteiger partial charge in [0.05, 0.1) is 4.92 Å². The molecule has 0 saturated heterocycles. The first-order chi connectivity index (χ1) is 11.1. The van der Waals surface area contributed by atoms with E-state index in [9.17, 15) is 10.1 Å². The summed E-state index contributed by atoms with van der Waals surface area (Å²) in [6, 6.07) is 14.2. The number of hydrogen-bond donors (Lipinski definition) is 2. The van der Waals surface area contributed by atoms with Gasteiger partial charge in [0.15, 0.2) is 5.82 Å². The average molecular weight is 309 g/mol. The molecule has 0 radical (unpaired) electrons. The molecule has 116 valence electrons. The van der Waals surface area contributed by atoms with Gasteiger partial charge in [-0.1, -0.05) is 36.4 Å². The van der Waals surface area contributed by atoms with Crippen LogP contribution in [0.2, 0.25) is 0 Å². The monoisotopic (exact) mass is 309 g/mol. The fourth-order valence-corrected chi connectivity index (χ4v) is 2.39. The zero-order valence-corrected chi connectivity index (χ0v) is 12.4. The maximum absolute atomic E-state index is 11.3. The molecule has 1 unspecified atom stereocenters. The van der Waals surface area contributed by atoms with E-state index in [2.05, 4.69) is 20.5 Å². The third kappa shape index (κ3) is 3.18. The number of nitrogens with one attached hydrogen (secondary N) is 2. The third-order valence-corrected chi connectivity index (χ3v) is 3.49. The van der Waals surface area contributed by atoms with Crippen molar-refractivity contribution in [2.24, 2.45) is 0 Å². The van der Waals surface area contributed by atoms with Gasteiger partial charge in [0, 0.05) is 6.07 Å². The van der Waals surface area contributed by atoms with Gasteiger partial charge in [-0.2, -0.15) is 5.10 Å². The van der Waals surface area contributed by atoms with Gasteiger partial charge in [-0.05, 0) is 24.1 Å². The molecule has 2 aromatic carbocycles. The highest BCUT2D eigenvalue weighted by Gasteiger charge is 2.21. The Kier molecular flexibility index (Phi) is 4.01. The van der Waals surface area contributed by atoms with E-state index in [-0.39, 0.29) is 11.7 Å². The Morgan fingerprint density at radius 2 is 2.00 bits per heavy atom. The molecule has 0 aliphatic carbocycles. The van der Waals surface area contributed by atoms with Crippen molar-refractivity contribution in [3.05, 3.63) is 81.9 Å². The van der Waals surface area contributed by atoms with Crippen LogP contribution in [0.15, 0.2) is 54.9 Å². The summed E-state index contributed by atoms with van der Waals surface area (Å²) in [4.78, 5) is 15.1. The van der Waals surface area contributed by atoms with Crippen molar-refractivity contribution in [1.29, 1.82) is 0 Å². The molecule has 3 aromatic rings. The standard InChI is InChI=1S/C16H15N5O2/c1-11-7-8-14(21(22)23)13(9-11)19-15(16-17-10-18-20-16)12-5-3-2-4-6-12/h2-10,15,19H,1H3,(H,17,18,20). The van der Waals surface area contributed by atoms with Crippen molar-refractivity contribution in [1.82, 2.24) is 15.2 Å². The molecule has 0 amide bonds. The van der Waals surface area contributed by atoms with Crippen LogP contribution >= 0.6 is 0 Å². The molecule has 3 rings (SSSR count). The number of nitro groups is 1. The van der Waals surface area contributed by atoms with Crippen LogP contribution in [-0.2, 0) is 0 Å². The molecule has 23 heavy (non-hydrogen) atoms. The number of aromatic nitrogens is 3. The Labute approximate surface area is 132 Å². The van der Waals surface area contributed by atoms with Gasteiger partial charge in [-0.25, -0.2) is 4.98 Å². The number of hydrogen-bond acceptors (Lipinski definition) is 5. The molecule has 0 aliphatic rings. The Bertz CT molecular complexity index is 803. The fourth-order valence-electron chi connectivity index (χ4n) is 2.39. The SMILES string of the molecule is Cc1ccc([N+](=O)[O-])c(NC(c2ccccc2)c2ncn[nH]2)c1. The number of benzene rings is 2. The molecule has 0 spiro atoms. The number of rotatable bonds is 5. The first kappa shape index (κ1) is 14.7. The van der Waals surface area contributed by atoms with Crippen molar-refractivity contribution < 1.29 is 4.92 Å². The number of aryl methyl sites for hydroxylation is 1. The predicted molar refractivity (Wildman–Crippen MR) is 86.1 cm³/mol. The zero-order valence-electron chi connectivity index (χ0n) is 12.4. The molecule has 1 heterocycles. The molecular formula is C16H15N5O2. The van der Waals surface area contributed by atoms with Gasteiger partial charge in [0.2, 0.25) is 0 Å². The summed E-state index contributed by atoms with van der Waals surface area (Å²) < 4.78 is 0. The van der Waals surface area contributed by atoms with Crippen LogP contribution < -0.4 is 5.32 Å². The van der Waals surface area contributed by atoms with Crippen molar-refractivity contribution in [3.63, 3.8) is 0 Å². The van der Waals surface area contributed by atoms with Gasteiger partial charge in [-0.3, -0.25) is 15.2 Å². The second-order valence-electron chi connectivity index (χ2n) is 5.14. The molecule has 1 atom stereocenters. The van der Waals surface area contributed by atoms with E-state index in [1.54, 1.807) is 12.1 Å². The smallest absolute Gasteiger partial charge is 0.292 e. The lowest BCUT2D eigenvalue weighted by Gasteiger charge is -2.18. The Morgan fingerprint density at radius 3 is 2.65 bits per heavy atom. The van der Waals surface area contributed by atoms with Crippen LogP contribution in [-0.4, -0.2) is 20.1 Å². The van der Waals surface area contributed by atoms with Crippen molar-refractivity contribution in [2.75, 3.05) is 5.32 Å². The average Bonchev–Trinajstić information content (AvgIpc) is 3.07. The van der Waals surface area contributed by atoms with E-state index in [1.165, 1.54) is 12.4 Å². The Morgan fingerprint density at radius 1 is 1.22 bits per heavy atom. The largest absolute Gasteiger partial charge is 0.366 e. The Hall–Kier alpha value is -3.22. The van der Waals surface area contributed by atoms with Crippen molar-refractivity contribution in [2.45, 2.75) is 13.0 Å². The van der Waals surface area contributed by atoms with Crippen LogP contribution in [0.25, 0.3) is 0 Å². The van der Waals surface area contributed by atoms with Gasteiger partial charge < -0.3 is 5.32 Å². The molecule has 7 heteroatoms. The van der Waals surface area contributed by atoms with Gasteiger partial charge >= 0.3 is 0 Å². The highest BCUT2D eigenvalue weighted by Crippen LogP contribution is 2.31. The minimum Gasteiger partial charge on any atom is -0.366 e. The summed E-state index contributed by atoms with van der Waals surface area (Å²) in [5.74, 6) is 0.590.